The number of aryl methyl sites for hydroxylation is 1. The molecule has 122 valence electrons. The third-order valence-electron chi connectivity index (χ3n) is 3.31. The average Bonchev–Trinajstić information content (AvgIpc) is 2.85. The van der Waals surface area contributed by atoms with Gasteiger partial charge in [-0.2, -0.15) is 5.10 Å². The Hall–Kier alpha value is -2.03. The minimum Gasteiger partial charge on any atom is -0.347 e. The lowest BCUT2D eigenvalue weighted by molar-refractivity contribution is -0.139. The van der Waals surface area contributed by atoms with E-state index in [-0.39, 0.29) is 22.5 Å². The van der Waals surface area contributed by atoms with Crippen molar-refractivity contribution in [2.24, 2.45) is 7.05 Å². The second-order valence-corrected chi connectivity index (χ2v) is 5.97. The summed E-state index contributed by atoms with van der Waals surface area (Å²) in [6.45, 7) is 4.12. The zero-order valence-electron chi connectivity index (χ0n) is 12.9. The lowest BCUT2D eigenvalue weighted by atomic mass is 10.3. The first-order valence-corrected chi connectivity index (χ1v) is 7.36. The van der Waals surface area contributed by atoms with Gasteiger partial charge in [-0.3, -0.25) is 9.78 Å². The molecule has 3 rings (SSSR count). The second-order valence-electron chi connectivity index (χ2n) is 5.58. The average molecular weight is 338 g/mol. The third-order valence-corrected chi connectivity index (χ3v) is 3.49. The maximum Gasteiger partial charge on any atom is 0.290 e. The minimum absolute atomic E-state index is 0.206. The zero-order chi connectivity index (χ0) is 16.6. The topological polar surface area (TPSA) is 91.2 Å². The molecule has 8 nitrogen and oxygen atoms in total. The highest BCUT2D eigenvalue weighted by atomic mass is 35.5. The van der Waals surface area contributed by atoms with Crippen LogP contribution in [0, 0.1) is 0 Å². The van der Waals surface area contributed by atoms with E-state index in [4.69, 9.17) is 21.1 Å². The molecule has 0 radical (unpaired) electrons. The summed E-state index contributed by atoms with van der Waals surface area (Å²) in [4.78, 5) is 20.5. The number of aromatic nitrogens is 4. The van der Waals surface area contributed by atoms with E-state index in [1.165, 1.54) is 19.3 Å². The van der Waals surface area contributed by atoms with Crippen molar-refractivity contribution in [3.8, 4) is 0 Å². The lowest BCUT2D eigenvalue weighted by Gasteiger charge is -2.16. The van der Waals surface area contributed by atoms with Gasteiger partial charge in [-0.25, -0.2) is 9.67 Å². The van der Waals surface area contributed by atoms with E-state index in [9.17, 15) is 4.79 Å². The van der Waals surface area contributed by atoms with Crippen LogP contribution in [0.3, 0.4) is 0 Å². The van der Waals surface area contributed by atoms with Crippen LogP contribution in [0.4, 0.5) is 11.5 Å². The van der Waals surface area contributed by atoms with Gasteiger partial charge in [0.25, 0.3) is 5.56 Å². The van der Waals surface area contributed by atoms with Gasteiger partial charge in [-0.1, -0.05) is 11.6 Å². The standard InChI is InChI=1S/C14H16ClN5O3/c1-14(2)22-7-10(23-14)9-5-17-12(6-16-9)18-8-4-11(15)19-20(3)13(8)21/h4-6,10H,7H2,1-3H3,(H,17,18)/t10-/m1/s1. The molecule has 23 heavy (non-hydrogen) atoms. The largest absolute Gasteiger partial charge is 0.347 e. The van der Waals surface area contributed by atoms with Crippen LogP contribution >= 0.6 is 11.6 Å². The van der Waals surface area contributed by atoms with Gasteiger partial charge < -0.3 is 14.8 Å². The molecule has 1 N–H and O–H groups in total. The maximum absolute atomic E-state index is 12.0. The van der Waals surface area contributed by atoms with Gasteiger partial charge >= 0.3 is 0 Å². The molecule has 0 unspecified atom stereocenters. The molecule has 1 aliphatic heterocycles. The third kappa shape index (κ3) is 3.49. The number of halogens is 1. The van der Waals surface area contributed by atoms with Crippen LogP contribution in [0.1, 0.15) is 25.6 Å². The number of nitrogens with one attached hydrogen (secondary N) is 1. The summed E-state index contributed by atoms with van der Waals surface area (Å²) in [6, 6.07) is 1.44. The summed E-state index contributed by atoms with van der Waals surface area (Å²) in [7, 11) is 1.52. The van der Waals surface area contributed by atoms with E-state index in [2.05, 4.69) is 20.4 Å². The molecule has 0 bridgehead atoms. The molecule has 2 aromatic heterocycles. The summed E-state index contributed by atoms with van der Waals surface area (Å²) in [6.07, 6.45) is 2.86. The van der Waals surface area contributed by atoms with Gasteiger partial charge in [-0.05, 0) is 13.8 Å². The van der Waals surface area contributed by atoms with E-state index in [1.54, 1.807) is 6.20 Å². The number of nitrogens with zero attached hydrogens (tertiary/aromatic N) is 4. The Morgan fingerprint density at radius 1 is 1.39 bits per heavy atom. The van der Waals surface area contributed by atoms with E-state index in [1.807, 2.05) is 13.8 Å². The number of hydrogen-bond acceptors (Lipinski definition) is 7. The van der Waals surface area contributed by atoms with Gasteiger partial charge in [0.1, 0.15) is 17.6 Å². The van der Waals surface area contributed by atoms with Crippen molar-refractivity contribution in [2.45, 2.75) is 25.7 Å². The van der Waals surface area contributed by atoms with E-state index >= 15 is 0 Å². The molecule has 0 amide bonds. The van der Waals surface area contributed by atoms with Gasteiger partial charge in [0.2, 0.25) is 0 Å². The summed E-state index contributed by atoms with van der Waals surface area (Å²) in [5.74, 6) is -0.199. The van der Waals surface area contributed by atoms with Crippen LogP contribution < -0.4 is 10.9 Å². The minimum atomic E-state index is -0.622. The van der Waals surface area contributed by atoms with Crippen LogP contribution in [0.2, 0.25) is 5.15 Å². The molecule has 3 heterocycles. The first-order valence-electron chi connectivity index (χ1n) is 6.99. The first-order chi connectivity index (χ1) is 10.8. The van der Waals surface area contributed by atoms with Crippen LogP contribution in [0.15, 0.2) is 23.3 Å². The van der Waals surface area contributed by atoms with Crippen molar-refractivity contribution >= 4 is 23.1 Å². The van der Waals surface area contributed by atoms with Crippen molar-refractivity contribution in [3.05, 3.63) is 39.7 Å². The Morgan fingerprint density at radius 2 is 2.17 bits per heavy atom. The van der Waals surface area contributed by atoms with Crippen molar-refractivity contribution < 1.29 is 9.47 Å². The maximum atomic E-state index is 12.0. The highest BCUT2D eigenvalue weighted by molar-refractivity contribution is 6.29. The summed E-state index contributed by atoms with van der Waals surface area (Å²) >= 11 is 5.85. The van der Waals surface area contributed by atoms with E-state index < -0.39 is 5.79 Å². The summed E-state index contributed by atoms with van der Waals surface area (Å²) in [5, 5.41) is 6.91. The molecule has 1 saturated heterocycles. The number of ether oxygens (including phenoxy) is 2. The highest BCUT2D eigenvalue weighted by Gasteiger charge is 2.34. The Balaban J connectivity index is 1.77. The van der Waals surface area contributed by atoms with Crippen LogP contribution in [-0.4, -0.2) is 32.1 Å². The van der Waals surface area contributed by atoms with Crippen molar-refractivity contribution in [1.29, 1.82) is 0 Å². The number of rotatable bonds is 3. The quantitative estimate of drug-likeness (QED) is 0.912. The fraction of sp³-hybridized carbons (Fsp3) is 0.429. The number of anilines is 2. The van der Waals surface area contributed by atoms with Crippen LogP contribution in [0.25, 0.3) is 0 Å². The highest BCUT2D eigenvalue weighted by Crippen LogP contribution is 2.31. The predicted octanol–water partition coefficient (Wildman–Crippen LogP) is 1.79. The summed E-state index contributed by atoms with van der Waals surface area (Å²) < 4.78 is 12.4. The zero-order valence-corrected chi connectivity index (χ0v) is 13.7. The Morgan fingerprint density at radius 3 is 2.78 bits per heavy atom. The summed E-state index contributed by atoms with van der Waals surface area (Å²) in [5.41, 5.74) is 0.632. The Bertz CT molecular complexity index is 775. The molecular weight excluding hydrogens is 322 g/mol. The van der Waals surface area contributed by atoms with Gasteiger partial charge in [0.05, 0.1) is 24.7 Å². The molecule has 0 saturated carbocycles. The normalized spacial score (nSPS) is 19.7. The fourth-order valence-corrected chi connectivity index (χ4v) is 2.42. The fourth-order valence-electron chi connectivity index (χ4n) is 2.20. The van der Waals surface area contributed by atoms with Gasteiger partial charge in [-0.15, -0.1) is 0 Å². The molecule has 1 fully saturated rings. The van der Waals surface area contributed by atoms with Crippen molar-refractivity contribution in [2.75, 3.05) is 11.9 Å². The first kappa shape index (κ1) is 15.9. The predicted molar refractivity (Wildman–Crippen MR) is 83.7 cm³/mol. The molecule has 1 atom stereocenters. The van der Waals surface area contributed by atoms with Gasteiger partial charge in [0.15, 0.2) is 10.9 Å². The molecular formula is C14H16ClN5O3. The van der Waals surface area contributed by atoms with Crippen LogP contribution in [0.5, 0.6) is 0 Å². The Kier molecular flexibility index (Phi) is 4.05. The molecule has 0 aliphatic carbocycles. The smallest absolute Gasteiger partial charge is 0.290 e. The molecule has 0 spiro atoms. The van der Waals surface area contributed by atoms with Gasteiger partial charge in [0, 0.05) is 13.1 Å². The molecule has 9 heteroatoms. The second kappa shape index (κ2) is 5.88. The van der Waals surface area contributed by atoms with Crippen LogP contribution in [-0.2, 0) is 16.5 Å². The SMILES string of the molecule is Cn1nc(Cl)cc(Nc2cnc([C@H]3COC(C)(C)O3)cn2)c1=O. The lowest BCUT2D eigenvalue weighted by Crippen LogP contribution is -2.22. The molecule has 0 aromatic carbocycles. The monoisotopic (exact) mass is 337 g/mol. The number of hydrogen-bond donors (Lipinski definition) is 1. The molecule has 2 aromatic rings. The van der Waals surface area contributed by atoms with E-state index in [0.717, 1.165) is 4.68 Å². The van der Waals surface area contributed by atoms with Crippen molar-refractivity contribution in [3.63, 3.8) is 0 Å². The van der Waals surface area contributed by atoms with Crippen molar-refractivity contribution in [1.82, 2.24) is 19.7 Å². The molecule has 1 aliphatic rings. The Labute approximate surface area is 137 Å². The van der Waals surface area contributed by atoms with E-state index in [0.29, 0.717) is 18.1 Å².